The zero-order chi connectivity index (χ0) is 18.7. The number of amides is 1. The molecule has 1 atom stereocenters. The van der Waals surface area contributed by atoms with Gasteiger partial charge in [-0.05, 0) is 44.0 Å². The summed E-state index contributed by atoms with van der Waals surface area (Å²) in [4.78, 5) is 13.0. The van der Waals surface area contributed by atoms with Gasteiger partial charge in [-0.25, -0.2) is 17.2 Å². The molecule has 1 unspecified atom stereocenters. The van der Waals surface area contributed by atoms with Crippen molar-refractivity contribution in [2.24, 2.45) is 5.92 Å². The third-order valence-corrected chi connectivity index (χ3v) is 6.99. The highest BCUT2D eigenvalue weighted by Gasteiger charge is 2.34. The number of piperazine rings is 1. The molecule has 26 heavy (non-hydrogen) atoms. The minimum absolute atomic E-state index is 0.00557. The van der Waals surface area contributed by atoms with E-state index in [0.29, 0.717) is 12.3 Å². The number of hydrogen-bond donors (Lipinski definition) is 1. The van der Waals surface area contributed by atoms with Gasteiger partial charge in [0.15, 0.2) is 4.90 Å². The van der Waals surface area contributed by atoms with Crippen molar-refractivity contribution in [1.29, 1.82) is 0 Å². The molecule has 1 aromatic carbocycles. The molecule has 3 rings (SSSR count). The number of nitrogens with one attached hydrogen (secondary N) is 1. The maximum atomic E-state index is 13.8. The molecule has 6 nitrogen and oxygen atoms in total. The number of carbonyl (C=O) groups is 1. The molecule has 1 amide bonds. The van der Waals surface area contributed by atoms with Crippen molar-refractivity contribution in [3.8, 4) is 0 Å². The van der Waals surface area contributed by atoms with Crippen LogP contribution < -0.4 is 5.32 Å². The molecule has 0 aliphatic carbocycles. The van der Waals surface area contributed by atoms with Crippen LogP contribution in [-0.4, -0.2) is 62.8 Å². The fraction of sp³-hybridized carbons (Fsp3) is 0.588. The monoisotopic (exact) mass is 387 g/mol. The summed E-state index contributed by atoms with van der Waals surface area (Å²) in [5, 5.41) is 3.26. The Hall–Kier alpha value is -1.58. The first-order chi connectivity index (χ1) is 12.4. The van der Waals surface area contributed by atoms with Crippen LogP contribution in [0.3, 0.4) is 0 Å². The van der Waals surface area contributed by atoms with Crippen LogP contribution >= 0.6 is 0 Å². The van der Waals surface area contributed by atoms with Gasteiger partial charge in [0.1, 0.15) is 11.6 Å². The van der Waals surface area contributed by atoms with E-state index < -0.39 is 26.6 Å². The van der Waals surface area contributed by atoms with Gasteiger partial charge in [-0.15, -0.1) is 0 Å². The van der Waals surface area contributed by atoms with Crippen LogP contribution in [-0.2, 0) is 14.8 Å². The number of nitrogens with zero attached hydrogens (tertiary/aromatic N) is 2. The van der Waals surface area contributed by atoms with Crippen LogP contribution in [0, 0.1) is 17.6 Å². The molecule has 2 heterocycles. The number of rotatable bonds is 5. The van der Waals surface area contributed by atoms with Crippen LogP contribution in [0.2, 0.25) is 0 Å². The van der Waals surface area contributed by atoms with E-state index in [1.807, 2.05) is 0 Å². The van der Waals surface area contributed by atoms with E-state index in [9.17, 15) is 22.0 Å². The predicted octanol–water partition coefficient (Wildman–Crippen LogP) is 1.19. The zero-order valence-electron chi connectivity index (χ0n) is 14.5. The molecule has 0 aromatic heterocycles. The van der Waals surface area contributed by atoms with Crippen LogP contribution in [0.4, 0.5) is 8.78 Å². The minimum Gasteiger partial charge on any atom is -0.340 e. The maximum Gasteiger partial charge on any atom is 0.249 e. The van der Waals surface area contributed by atoms with E-state index in [4.69, 9.17) is 0 Å². The van der Waals surface area contributed by atoms with E-state index in [1.54, 1.807) is 4.90 Å². The lowest BCUT2D eigenvalue weighted by Gasteiger charge is -2.34. The Balaban J connectivity index is 1.58. The molecule has 2 fully saturated rings. The van der Waals surface area contributed by atoms with E-state index >= 15 is 0 Å². The fourth-order valence-electron chi connectivity index (χ4n) is 3.48. The Morgan fingerprint density at radius 2 is 1.81 bits per heavy atom. The first kappa shape index (κ1) is 19.2. The summed E-state index contributed by atoms with van der Waals surface area (Å²) in [5.74, 6) is -1.68. The van der Waals surface area contributed by atoms with E-state index in [2.05, 4.69) is 5.32 Å². The number of carbonyl (C=O) groups excluding carboxylic acids is 1. The molecule has 144 valence electrons. The number of halogens is 2. The molecular weight excluding hydrogens is 364 g/mol. The SMILES string of the molecule is O=C(CCC1CCNC1)N1CCN(S(=O)(=O)c2c(F)cccc2F)CC1. The van der Waals surface area contributed by atoms with E-state index in [-0.39, 0.29) is 32.1 Å². The summed E-state index contributed by atoms with van der Waals surface area (Å²) in [6.45, 7) is 2.46. The number of hydrogen-bond acceptors (Lipinski definition) is 4. The molecular formula is C17H23F2N3O3S. The summed E-state index contributed by atoms with van der Waals surface area (Å²) in [6.07, 6.45) is 2.35. The van der Waals surface area contributed by atoms with Crippen molar-refractivity contribution in [1.82, 2.24) is 14.5 Å². The summed E-state index contributed by atoms with van der Waals surface area (Å²) in [5.41, 5.74) is 0. The Morgan fingerprint density at radius 3 is 2.38 bits per heavy atom. The van der Waals surface area contributed by atoms with Crippen LogP contribution in [0.25, 0.3) is 0 Å². The predicted molar refractivity (Wildman–Crippen MR) is 91.9 cm³/mol. The van der Waals surface area contributed by atoms with Gasteiger partial charge in [0.25, 0.3) is 0 Å². The molecule has 1 aromatic rings. The van der Waals surface area contributed by atoms with Gasteiger partial charge in [0.05, 0.1) is 0 Å². The summed E-state index contributed by atoms with van der Waals surface area (Å²) < 4.78 is 53.8. The normalized spacial score (nSPS) is 21.9. The third kappa shape index (κ3) is 4.05. The molecule has 2 saturated heterocycles. The Bertz CT molecular complexity index is 738. The third-order valence-electron chi connectivity index (χ3n) is 5.04. The van der Waals surface area contributed by atoms with Gasteiger partial charge in [-0.3, -0.25) is 4.79 Å². The summed E-state index contributed by atoms with van der Waals surface area (Å²) in [7, 11) is -4.26. The highest BCUT2D eigenvalue weighted by Crippen LogP contribution is 2.24. The van der Waals surface area contributed by atoms with Crippen LogP contribution in [0.5, 0.6) is 0 Å². The van der Waals surface area contributed by atoms with Gasteiger partial charge in [-0.1, -0.05) is 6.07 Å². The standard InChI is InChI=1S/C17H23F2N3O3S/c18-14-2-1-3-15(19)17(14)26(24,25)22-10-8-21(9-11-22)16(23)5-4-13-6-7-20-12-13/h1-3,13,20H,4-12H2. The van der Waals surface area contributed by atoms with Crippen molar-refractivity contribution < 1.29 is 22.0 Å². The van der Waals surface area contributed by atoms with E-state index in [0.717, 1.165) is 48.4 Å². The maximum absolute atomic E-state index is 13.8. The molecule has 0 spiro atoms. The Kier molecular flexibility index (Phi) is 5.89. The minimum atomic E-state index is -4.26. The first-order valence-corrected chi connectivity index (χ1v) is 10.3. The smallest absolute Gasteiger partial charge is 0.249 e. The molecule has 0 saturated carbocycles. The van der Waals surface area contributed by atoms with Gasteiger partial charge in [0.2, 0.25) is 15.9 Å². The second kappa shape index (κ2) is 7.98. The lowest BCUT2D eigenvalue weighted by molar-refractivity contribution is -0.132. The Morgan fingerprint density at radius 1 is 1.15 bits per heavy atom. The molecule has 0 bridgehead atoms. The molecule has 2 aliphatic rings. The number of benzene rings is 1. The second-order valence-corrected chi connectivity index (χ2v) is 8.61. The Labute approximate surface area is 152 Å². The van der Waals surface area contributed by atoms with Gasteiger partial charge in [0, 0.05) is 32.6 Å². The van der Waals surface area contributed by atoms with Crippen molar-refractivity contribution in [3.63, 3.8) is 0 Å². The van der Waals surface area contributed by atoms with E-state index in [1.165, 1.54) is 0 Å². The lowest BCUT2D eigenvalue weighted by Crippen LogP contribution is -2.50. The van der Waals surface area contributed by atoms with Gasteiger partial charge >= 0.3 is 0 Å². The van der Waals surface area contributed by atoms with Crippen molar-refractivity contribution in [3.05, 3.63) is 29.8 Å². The summed E-state index contributed by atoms with van der Waals surface area (Å²) >= 11 is 0. The molecule has 0 radical (unpaired) electrons. The average molecular weight is 387 g/mol. The largest absolute Gasteiger partial charge is 0.340 e. The first-order valence-electron chi connectivity index (χ1n) is 8.82. The van der Waals surface area contributed by atoms with Crippen molar-refractivity contribution in [2.75, 3.05) is 39.3 Å². The quantitative estimate of drug-likeness (QED) is 0.824. The zero-order valence-corrected chi connectivity index (χ0v) is 15.3. The van der Waals surface area contributed by atoms with Crippen molar-refractivity contribution >= 4 is 15.9 Å². The van der Waals surface area contributed by atoms with Gasteiger partial charge in [-0.2, -0.15) is 4.31 Å². The highest BCUT2D eigenvalue weighted by molar-refractivity contribution is 7.89. The second-order valence-electron chi connectivity index (χ2n) is 6.73. The van der Waals surface area contributed by atoms with Crippen molar-refractivity contribution in [2.45, 2.75) is 24.2 Å². The fourth-order valence-corrected chi connectivity index (χ4v) is 5.01. The highest BCUT2D eigenvalue weighted by atomic mass is 32.2. The molecule has 2 aliphatic heterocycles. The average Bonchev–Trinajstić information content (AvgIpc) is 3.13. The van der Waals surface area contributed by atoms with Gasteiger partial charge < -0.3 is 10.2 Å². The molecule has 9 heteroatoms. The summed E-state index contributed by atoms with van der Waals surface area (Å²) in [6, 6.07) is 2.97. The molecule has 1 N–H and O–H groups in total. The number of sulfonamides is 1. The lowest BCUT2D eigenvalue weighted by atomic mass is 10.0. The topological polar surface area (TPSA) is 69.7 Å². The van der Waals surface area contributed by atoms with Crippen LogP contribution in [0.1, 0.15) is 19.3 Å². The van der Waals surface area contributed by atoms with Crippen LogP contribution in [0.15, 0.2) is 23.1 Å².